The predicted molar refractivity (Wildman–Crippen MR) is 110 cm³/mol. The van der Waals surface area contributed by atoms with Crippen molar-refractivity contribution in [3.8, 4) is 0 Å². The SMILES string of the molecule is CNS(=O)(=O)c1ccccc1CNc1nc(Nc2cnn(CCO)c2)ncc1Cl. The van der Waals surface area contributed by atoms with Gasteiger partial charge in [-0.05, 0) is 18.7 Å². The fraction of sp³-hybridized carbons (Fsp3) is 0.235. The third-order valence-corrected chi connectivity index (χ3v) is 5.73. The van der Waals surface area contributed by atoms with E-state index in [1.54, 1.807) is 35.3 Å². The first-order valence-corrected chi connectivity index (χ1v) is 10.5. The van der Waals surface area contributed by atoms with Crippen LogP contribution in [-0.2, 0) is 23.1 Å². The van der Waals surface area contributed by atoms with Gasteiger partial charge in [-0.3, -0.25) is 4.68 Å². The summed E-state index contributed by atoms with van der Waals surface area (Å²) in [7, 11) is -2.23. The second-order valence-corrected chi connectivity index (χ2v) is 8.16. The van der Waals surface area contributed by atoms with E-state index in [9.17, 15) is 8.42 Å². The molecule has 0 amide bonds. The van der Waals surface area contributed by atoms with Crippen LogP contribution in [0.15, 0.2) is 47.8 Å². The summed E-state index contributed by atoms with van der Waals surface area (Å²) in [5.41, 5.74) is 1.22. The van der Waals surface area contributed by atoms with Gasteiger partial charge in [-0.1, -0.05) is 29.8 Å². The highest BCUT2D eigenvalue weighted by atomic mass is 35.5. The molecule has 0 bridgehead atoms. The Morgan fingerprint density at radius 1 is 1.24 bits per heavy atom. The standard InChI is InChI=1S/C17H20ClN7O3S/c1-19-29(27,28)15-5-3-2-4-12(15)8-20-16-14(18)10-21-17(24-16)23-13-9-22-25(11-13)6-7-26/h2-5,9-11,19,26H,6-8H2,1H3,(H2,20,21,23,24). The number of benzene rings is 1. The quantitative estimate of drug-likeness (QED) is 0.396. The number of nitrogens with one attached hydrogen (secondary N) is 3. The molecule has 1 aromatic carbocycles. The van der Waals surface area contributed by atoms with Crippen LogP contribution in [0.25, 0.3) is 0 Å². The van der Waals surface area contributed by atoms with Crippen LogP contribution < -0.4 is 15.4 Å². The second kappa shape index (κ2) is 9.18. The molecule has 10 nitrogen and oxygen atoms in total. The number of sulfonamides is 1. The highest BCUT2D eigenvalue weighted by Gasteiger charge is 2.16. The minimum absolute atomic E-state index is 0.0165. The smallest absolute Gasteiger partial charge is 0.240 e. The molecule has 29 heavy (non-hydrogen) atoms. The highest BCUT2D eigenvalue weighted by Crippen LogP contribution is 2.23. The van der Waals surface area contributed by atoms with Crippen molar-refractivity contribution < 1.29 is 13.5 Å². The summed E-state index contributed by atoms with van der Waals surface area (Å²) in [5, 5.41) is 19.4. The lowest BCUT2D eigenvalue weighted by atomic mass is 10.2. The summed E-state index contributed by atoms with van der Waals surface area (Å²) >= 11 is 6.18. The molecule has 0 atom stereocenters. The van der Waals surface area contributed by atoms with Crippen LogP contribution >= 0.6 is 11.6 Å². The molecule has 0 aliphatic carbocycles. The van der Waals surface area contributed by atoms with E-state index in [4.69, 9.17) is 16.7 Å². The Morgan fingerprint density at radius 3 is 2.79 bits per heavy atom. The van der Waals surface area contributed by atoms with Crippen LogP contribution in [-0.4, -0.2) is 46.9 Å². The average Bonchev–Trinajstić information content (AvgIpc) is 3.15. The molecule has 0 fully saturated rings. The van der Waals surface area contributed by atoms with Gasteiger partial charge in [0.25, 0.3) is 0 Å². The highest BCUT2D eigenvalue weighted by molar-refractivity contribution is 7.89. The monoisotopic (exact) mass is 437 g/mol. The second-order valence-electron chi connectivity index (χ2n) is 5.90. The summed E-state index contributed by atoms with van der Waals surface area (Å²) in [6.07, 6.45) is 4.73. The van der Waals surface area contributed by atoms with E-state index in [2.05, 4.69) is 30.4 Å². The van der Waals surface area contributed by atoms with Crippen LogP contribution in [0.2, 0.25) is 5.02 Å². The number of aromatic nitrogens is 4. The average molecular weight is 438 g/mol. The van der Waals surface area contributed by atoms with Gasteiger partial charge in [0.15, 0.2) is 5.82 Å². The normalized spacial score (nSPS) is 11.4. The summed E-state index contributed by atoms with van der Waals surface area (Å²) in [4.78, 5) is 8.64. The molecule has 154 valence electrons. The maximum atomic E-state index is 12.2. The summed E-state index contributed by atoms with van der Waals surface area (Å²) in [6, 6.07) is 6.65. The number of halogens is 1. The fourth-order valence-corrected chi connectivity index (χ4v) is 3.66. The molecular formula is C17H20ClN7O3S. The van der Waals surface area contributed by atoms with Gasteiger partial charge in [-0.25, -0.2) is 18.1 Å². The molecule has 0 unspecified atom stereocenters. The maximum absolute atomic E-state index is 12.2. The molecule has 3 aromatic rings. The molecule has 4 N–H and O–H groups in total. The molecular weight excluding hydrogens is 418 g/mol. The Hall–Kier alpha value is -2.73. The van der Waals surface area contributed by atoms with Crippen LogP contribution in [0.1, 0.15) is 5.56 Å². The van der Waals surface area contributed by atoms with Crippen molar-refractivity contribution in [2.45, 2.75) is 18.0 Å². The number of hydrogen-bond donors (Lipinski definition) is 4. The zero-order valence-corrected chi connectivity index (χ0v) is 17.1. The van der Waals surface area contributed by atoms with Crippen molar-refractivity contribution in [1.29, 1.82) is 0 Å². The number of anilines is 3. The van der Waals surface area contributed by atoms with E-state index < -0.39 is 10.0 Å². The van der Waals surface area contributed by atoms with E-state index >= 15 is 0 Å². The first kappa shape index (κ1) is 21.0. The Kier molecular flexibility index (Phi) is 6.64. The molecule has 2 aromatic heterocycles. The molecule has 3 rings (SSSR count). The maximum Gasteiger partial charge on any atom is 0.240 e. The largest absolute Gasteiger partial charge is 0.394 e. The summed E-state index contributed by atoms with van der Waals surface area (Å²) in [6.45, 7) is 0.559. The van der Waals surface area contributed by atoms with Gasteiger partial charge >= 0.3 is 0 Å². The van der Waals surface area contributed by atoms with Gasteiger partial charge in [-0.15, -0.1) is 0 Å². The number of nitrogens with zero attached hydrogens (tertiary/aromatic N) is 4. The van der Waals surface area contributed by atoms with Crippen LogP contribution in [0.5, 0.6) is 0 Å². The topological polar surface area (TPSA) is 134 Å². The molecule has 12 heteroatoms. The van der Waals surface area contributed by atoms with E-state index in [1.165, 1.54) is 19.3 Å². The van der Waals surface area contributed by atoms with Crippen molar-refractivity contribution >= 4 is 39.1 Å². The van der Waals surface area contributed by atoms with Crippen molar-refractivity contribution in [2.75, 3.05) is 24.3 Å². The van der Waals surface area contributed by atoms with Gasteiger partial charge in [0, 0.05) is 12.7 Å². The fourth-order valence-electron chi connectivity index (χ4n) is 2.53. The van der Waals surface area contributed by atoms with Crippen LogP contribution in [0.4, 0.5) is 17.5 Å². The lowest BCUT2D eigenvalue weighted by molar-refractivity contribution is 0.269. The van der Waals surface area contributed by atoms with Gasteiger partial charge < -0.3 is 15.7 Å². The molecule has 0 radical (unpaired) electrons. The molecule has 2 heterocycles. The number of aliphatic hydroxyl groups excluding tert-OH is 1. The number of aliphatic hydroxyl groups is 1. The lowest BCUT2D eigenvalue weighted by Crippen LogP contribution is -2.20. The molecule has 0 saturated heterocycles. The first-order valence-electron chi connectivity index (χ1n) is 8.61. The Bertz CT molecular complexity index is 1090. The lowest BCUT2D eigenvalue weighted by Gasteiger charge is -2.12. The number of rotatable bonds is 9. The van der Waals surface area contributed by atoms with Crippen LogP contribution in [0.3, 0.4) is 0 Å². The van der Waals surface area contributed by atoms with Gasteiger partial charge in [0.1, 0.15) is 5.02 Å². The molecule has 0 aliphatic heterocycles. The predicted octanol–water partition coefficient (Wildman–Crippen LogP) is 1.58. The Balaban J connectivity index is 1.76. The van der Waals surface area contributed by atoms with E-state index in [0.717, 1.165) is 0 Å². The van der Waals surface area contributed by atoms with Gasteiger partial charge in [0.05, 0.1) is 36.1 Å². The van der Waals surface area contributed by atoms with Gasteiger partial charge in [-0.2, -0.15) is 10.1 Å². The van der Waals surface area contributed by atoms with Crippen molar-refractivity contribution in [1.82, 2.24) is 24.5 Å². The van der Waals surface area contributed by atoms with Crippen molar-refractivity contribution in [2.24, 2.45) is 0 Å². The minimum atomic E-state index is -3.59. The zero-order chi connectivity index (χ0) is 20.9. The third kappa shape index (κ3) is 5.21. The van der Waals surface area contributed by atoms with E-state index in [0.29, 0.717) is 28.6 Å². The first-order chi connectivity index (χ1) is 13.9. The molecule has 0 saturated carbocycles. The summed E-state index contributed by atoms with van der Waals surface area (Å²) in [5.74, 6) is 0.639. The van der Waals surface area contributed by atoms with E-state index in [1.807, 2.05) is 0 Å². The van der Waals surface area contributed by atoms with Gasteiger partial charge in [0.2, 0.25) is 16.0 Å². The van der Waals surface area contributed by atoms with E-state index in [-0.39, 0.29) is 24.0 Å². The number of hydrogen-bond acceptors (Lipinski definition) is 8. The Morgan fingerprint density at radius 2 is 2.03 bits per heavy atom. The summed E-state index contributed by atoms with van der Waals surface area (Å²) < 4.78 is 28.3. The molecule has 0 aliphatic rings. The molecule has 0 spiro atoms. The van der Waals surface area contributed by atoms with Crippen molar-refractivity contribution in [3.05, 3.63) is 53.4 Å². The zero-order valence-electron chi connectivity index (χ0n) is 15.5. The minimum Gasteiger partial charge on any atom is -0.394 e. The van der Waals surface area contributed by atoms with Crippen LogP contribution in [0, 0.1) is 0 Å². The third-order valence-electron chi connectivity index (χ3n) is 3.94. The van der Waals surface area contributed by atoms with Crippen molar-refractivity contribution in [3.63, 3.8) is 0 Å². The Labute approximate surface area is 173 Å².